The molecule has 2 N–H and O–H groups in total. The molecule has 7 heteroatoms. The molecule has 108 valence electrons. The van der Waals surface area contributed by atoms with E-state index in [1.165, 1.54) is 0 Å². The summed E-state index contributed by atoms with van der Waals surface area (Å²) in [7, 11) is 1.92. The van der Waals surface area contributed by atoms with Crippen molar-refractivity contribution < 1.29 is 0 Å². The summed E-state index contributed by atoms with van der Waals surface area (Å²) in [5.74, 6) is 2.30. The summed E-state index contributed by atoms with van der Waals surface area (Å²) in [6.07, 6.45) is 2.72. The highest BCUT2D eigenvalue weighted by atomic mass is 15.3. The molecule has 0 fully saturated rings. The second kappa shape index (κ2) is 6.31. The van der Waals surface area contributed by atoms with Crippen molar-refractivity contribution in [3.8, 4) is 0 Å². The van der Waals surface area contributed by atoms with Gasteiger partial charge in [-0.2, -0.15) is 4.98 Å². The molecule has 0 aromatic carbocycles. The van der Waals surface area contributed by atoms with Gasteiger partial charge in [-0.25, -0.2) is 4.98 Å². The van der Waals surface area contributed by atoms with Gasteiger partial charge in [0.1, 0.15) is 12.1 Å². The highest BCUT2D eigenvalue weighted by molar-refractivity contribution is 5.43. The molecular formula is C13H21N7. The van der Waals surface area contributed by atoms with E-state index in [4.69, 9.17) is 0 Å². The Hall–Kier alpha value is -2.18. The molecule has 20 heavy (non-hydrogen) atoms. The molecule has 0 bridgehead atoms. The monoisotopic (exact) mass is 275 g/mol. The van der Waals surface area contributed by atoms with Gasteiger partial charge >= 0.3 is 0 Å². The predicted octanol–water partition coefficient (Wildman–Crippen LogP) is 1.91. The van der Waals surface area contributed by atoms with Gasteiger partial charge in [0.15, 0.2) is 5.82 Å². The molecule has 2 heterocycles. The average molecular weight is 275 g/mol. The number of nitrogens with one attached hydrogen (secondary N) is 2. The molecule has 1 atom stereocenters. The van der Waals surface area contributed by atoms with Crippen LogP contribution in [0, 0.1) is 6.92 Å². The van der Waals surface area contributed by atoms with E-state index in [2.05, 4.69) is 37.7 Å². The van der Waals surface area contributed by atoms with Crippen molar-refractivity contribution in [1.82, 2.24) is 24.7 Å². The van der Waals surface area contributed by atoms with Crippen LogP contribution in [0.3, 0.4) is 0 Å². The number of hydrogen-bond donors (Lipinski definition) is 2. The lowest BCUT2D eigenvalue weighted by atomic mass is 10.3. The Morgan fingerprint density at radius 1 is 1.35 bits per heavy atom. The summed E-state index contributed by atoms with van der Waals surface area (Å²) in [4.78, 5) is 8.82. The zero-order chi connectivity index (χ0) is 14.5. The molecule has 2 rings (SSSR count). The van der Waals surface area contributed by atoms with Crippen LogP contribution in [0.4, 0.5) is 11.8 Å². The molecule has 2 aromatic heterocycles. The molecular weight excluding hydrogens is 254 g/mol. The minimum atomic E-state index is 0.0239. The molecule has 0 spiro atoms. The van der Waals surface area contributed by atoms with Gasteiger partial charge in [0.05, 0.1) is 6.04 Å². The number of aryl methyl sites for hydroxylation is 2. The standard InChI is InChI=1S/C13H21N7/c1-5-6-14-13-16-9(2)7-11(18-13)17-10(3)12-19-15-8-20(12)4/h7-8,10H,5-6H2,1-4H3,(H2,14,16,17,18). The Kier molecular flexibility index (Phi) is 4.49. The summed E-state index contributed by atoms with van der Waals surface area (Å²) in [5.41, 5.74) is 0.922. The first kappa shape index (κ1) is 14.2. The van der Waals surface area contributed by atoms with Gasteiger partial charge in [-0.1, -0.05) is 6.92 Å². The third-order valence-corrected chi connectivity index (χ3v) is 2.89. The number of rotatable bonds is 6. The minimum Gasteiger partial charge on any atom is -0.360 e. The molecule has 0 aliphatic heterocycles. The van der Waals surface area contributed by atoms with Gasteiger partial charge in [0, 0.05) is 25.4 Å². The summed E-state index contributed by atoms with van der Waals surface area (Å²) < 4.78 is 1.89. The van der Waals surface area contributed by atoms with E-state index in [9.17, 15) is 0 Å². The molecule has 0 radical (unpaired) electrons. The highest BCUT2D eigenvalue weighted by Crippen LogP contribution is 2.17. The lowest BCUT2D eigenvalue weighted by molar-refractivity contribution is 0.716. The van der Waals surface area contributed by atoms with Crippen LogP contribution in [0.2, 0.25) is 0 Å². The number of anilines is 2. The summed E-state index contributed by atoms with van der Waals surface area (Å²) in [6, 6.07) is 1.94. The van der Waals surface area contributed by atoms with Crippen molar-refractivity contribution in [3.63, 3.8) is 0 Å². The van der Waals surface area contributed by atoms with Crippen molar-refractivity contribution in [2.75, 3.05) is 17.2 Å². The van der Waals surface area contributed by atoms with Crippen molar-refractivity contribution >= 4 is 11.8 Å². The highest BCUT2D eigenvalue weighted by Gasteiger charge is 2.12. The van der Waals surface area contributed by atoms with E-state index in [0.717, 1.165) is 30.3 Å². The zero-order valence-corrected chi connectivity index (χ0v) is 12.4. The molecule has 0 aliphatic carbocycles. The van der Waals surface area contributed by atoms with Crippen LogP contribution in [0.5, 0.6) is 0 Å². The maximum absolute atomic E-state index is 4.46. The zero-order valence-electron chi connectivity index (χ0n) is 12.4. The second-order valence-corrected chi connectivity index (χ2v) is 4.81. The normalized spacial score (nSPS) is 12.2. The smallest absolute Gasteiger partial charge is 0.224 e. The Balaban J connectivity index is 2.12. The fourth-order valence-corrected chi connectivity index (χ4v) is 1.93. The van der Waals surface area contributed by atoms with Crippen molar-refractivity contribution in [1.29, 1.82) is 0 Å². The van der Waals surface area contributed by atoms with Gasteiger partial charge in [-0.15, -0.1) is 10.2 Å². The van der Waals surface area contributed by atoms with Crippen LogP contribution in [-0.4, -0.2) is 31.3 Å². The summed E-state index contributed by atoms with van der Waals surface area (Å²) in [6.45, 7) is 6.96. The van der Waals surface area contributed by atoms with Gasteiger partial charge in [-0.05, 0) is 20.3 Å². The Bertz CT molecular complexity index is 564. The Morgan fingerprint density at radius 3 is 2.80 bits per heavy atom. The van der Waals surface area contributed by atoms with E-state index in [1.807, 2.05) is 31.5 Å². The molecule has 0 saturated carbocycles. The summed E-state index contributed by atoms with van der Waals surface area (Å²) in [5, 5.41) is 14.5. The third kappa shape index (κ3) is 3.43. The van der Waals surface area contributed by atoms with Crippen LogP contribution in [0.1, 0.15) is 37.8 Å². The topological polar surface area (TPSA) is 80.5 Å². The van der Waals surface area contributed by atoms with Crippen LogP contribution in [-0.2, 0) is 7.05 Å². The Labute approximate surface area is 118 Å². The van der Waals surface area contributed by atoms with Crippen molar-refractivity contribution in [3.05, 3.63) is 23.9 Å². The van der Waals surface area contributed by atoms with E-state index < -0.39 is 0 Å². The minimum absolute atomic E-state index is 0.0239. The molecule has 0 saturated heterocycles. The van der Waals surface area contributed by atoms with Crippen LogP contribution in [0.25, 0.3) is 0 Å². The molecule has 7 nitrogen and oxygen atoms in total. The molecule has 0 amide bonds. The number of nitrogens with zero attached hydrogens (tertiary/aromatic N) is 5. The SMILES string of the molecule is CCCNc1nc(C)cc(NC(C)c2nncn2C)n1. The maximum atomic E-state index is 4.46. The second-order valence-electron chi connectivity index (χ2n) is 4.81. The summed E-state index contributed by atoms with van der Waals surface area (Å²) >= 11 is 0. The molecule has 2 aromatic rings. The Morgan fingerprint density at radius 2 is 2.15 bits per heavy atom. The molecule has 0 aliphatic rings. The van der Waals surface area contributed by atoms with Crippen LogP contribution < -0.4 is 10.6 Å². The van der Waals surface area contributed by atoms with Crippen LogP contribution in [0.15, 0.2) is 12.4 Å². The van der Waals surface area contributed by atoms with E-state index in [-0.39, 0.29) is 6.04 Å². The lowest BCUT2D eigenvalue weighted by Crippen LogP contribution is -2.14. The molecule has 1 unspecified atom stereocenters. The fraction of sp³-hybridized carbons (Fsp3) is 0.538. The first-order chi connectivity index (χ1) is 9.60. The van der Waals surface area contributed by atoms with Crippen molar-refractivity contribution in [2.45, 2.75) is 33.2 Å². The first-order valence-electron chi connectivity index (χ1n) is 6.80. The van der Waals surface area contributed by atoms with Gasteiger partial charge in [0.25, 0.3) is 0 Å². The van der Waals surface area contributed by atoms with Gasteiger partial charge in [-0.3, -0.25) is 0 Å². The van der Waals surface area contributed by atoms with Crippen molar-refractivity contribution in [2.24, 2.45) is 7.05 Å². The van der Waals surface area contributed by atoms with E-state index >= 15 is 0 Å². The number of aromatic nitrogens is 5. The lowest BCUT2D eigenvalue weighted by Gasteiger charge is -2.15. The predicted molar refractivity (Wildman–Crippen MR) is 78.6 cm³/mol. The number of hydrogen-bond acceptors (Lipinski definition) is 6. The van der Waals surface area contributed by atoms with Gasteiger partial charge in [0.2, 0.25) is 5.95 Å². The van der Waals surface area contributed by atoms with Crippen LogP contribution >= 0.6 is 0 Å². The fourth-order valence-electron chi connectivity index (χ4n) is 1.93. The van der Waals surface area contributed by atoms with E-state index in [0.29, 0.717) is 5.95 Å². The first-order valence-corrected chi connectivity index (χ1v) is 6.80. The largest absolute Gasteiger partial charge is 0.360 e. The van der Waals surface area contributed by atoms with E-state index in [1.54, 1.807) is 6.33 Å². The quantitative estimate of drug-likeness (QED) is 0.838. The maximum Gasteiger partial charge on any atom is 0.224 e. The van der Waals surface area contributed by atoms with Gasteiger partial charge < -0.3 is 15.2 Å². The average Bonchev–Trinajstić information content (AvgIpc) is 2.82. The third-order valence-electron chi connectivity index (χ3n) is 2.89.